The molecule has 2 aliphatic rings. The van der Waals surface area contributed by atoms with Crippen LogP contribution >= 0.6 is 0 Å². The molecule has 0 aromatic rings. The normalized spacial score (nSPS) is 16.8. The van der Waals surface area contributed by atoms with Crippen molar-refractivity contribution in [3.05, 3.63) is 0 Å². The number of hydrogen-bond acceptors (Lipinski definition) is 12. The highest BCUT2D eigenvalue weighted by atomic mass is 16.3. The van der Waals surface area contributed by atoms with Crippen LogP contribution < -0.4 is 53.2 Å². The Balaban J connectivity index is 2.27. The first-order valence-corrected chi connectivity index (χ1v) is 31.9. The number of carbonyl (C=O) groups is 10. The van der Waals surface area contributed by atoms with E-state index in [4.69, 9.17) is 5.11 Å². The third-order valence-corrected chi connectivity index (χ3v) is 15.7. The predicted octanol–water partition coefficient (Wildman–Crippen LogP) is 4.59. The Morgan fingerprint density at radius 1 is 0.524 bits per heavy atom. The van der Waals surface area contributed by atoms with Crippen LogP contribution in [0.25, 0.3) is 0 Å². The fourth-order valence-corrected chi connectivity index (χ4v) is 10.6. The molecule has 0 radical (unpaired) electrons. The lowest BCUT2D eigenvalue weighted by Gasteiger charge is -2.35. The first-order valence-electron chi connectivity index (χ1n) is 31.9. The molecule has 1 aliphatic carbocycles. The number of rotatable bonds is 40. The molecule has 1 aliphatic heterocycles. The number of likely N-dealkylation sites (tertiary alicyclic amines) is 1. The summed E-state index contributed by atoms with van der Waals surface area (Å²) in [6.45, 7) is 23.8. The Bertz CT molecular complexity index is 2110. The van der Waals surface area contributed by atoms with E-state index in [0.29, 0.717) is 51.7 Å². The number of unbranched alkanes of at least 4 members (excludes halogenated alkanes) is 7. The van der Waals surface area contributed by atoms with Crippen molar-refractivity contribution in [2.75, 3.05) is 32.8 Å². The van der Waals surface area contributed by atoms with E-state index in [1.165, 1.54) is 41.5 Å². The van der Waals surface area contributed by atoms with Gasteiger partial charge in [0.1, 0.15) is 46.8 Å². The lowest BCUT2D eigenvalue weighted by atomic mass is 9.84. The summed E-state index contributed by atoms with van der Waals surface area (Å²) in [6.07, 6.45) is 15.5. The van der Waals surface area contributed by atoms with Crippen molar-refractivity contribution >= 4 is 59.1 Å². The summed E-state index contributed by atoms with van der Waals surface area (Å²) in [7, 11) is 0. The molecule has 1 saturated carbocycles. The first kappa shape index (κ1) is 74.7. The third-order valence-electron chi connectivity index (χ3n) is 15.7. The molecule has 0 spiro atoms. The van der Waals surface area contributed by atoms with Gasteiger partial charge in [0.15, 0.2) is 0 Å². The number of nitrogens with one attached hydrogen (secondary N) is 10. The molecule has 0 bridgehead atoms. The highest BCUT2D eigenvalue weighted by molar-refractivity contribution is 6.00. The van der Waals surface area contributed by atoms with Gasteiger partial charge in [-0.05, 0) is 111 Å². The molecule has 2 fully saturated rings. The van der Waals surface area contributed by atoms with Crippen LogP contribution in [0, 0.1) is 17.8 Å². The molecular formula is C62H113N11O11. The zero-order chi connectivity index (χ0) is 63.2. The second-order valence-corrected chi connectivity index (χ2v) is 26.2. The Morgan fingerprint density at radius 2 is 1.06 bits per heavy atom. The molecule has 2 rings (SSSR count). The molecule has 22 nitrogen and oxygen atoms in total. The fourth-order valence-electron chi connectivity index (χ4n) is 10.6. The van der Waals surface area contributed by atoms with Gasteiger partial charge in [-0.25, -0.2) is 0 Å². The molecule has 1 heterocycles. The molecule has 22 heteroatoms. The average molecular weight is 1190 g/mol. The smallest absolute Gasteiger partial charge is 0.246 e. The Labute approximate surface area is 503 Å². The largest absolute Gasteiger partial charge is 0.395 e. The molecular weight excluding hydrogens is 1070 g/mol. The standard InChI is InChI=1S/C62H113N11O11/c1-14-16-18-19-20-25-29-45(53(78)66-47(38-42(5)6)54(79)70-60(8,9)57(82)69-46(37-41(3)4)52(77)64-33-32-50(75)65-43(7)40-63-34-36-74)68-58(83)61(10,11)72-59(84)62(12,13)71-55(80)48(39-44-27-23-21-24-28-44)67-56(81)49-30-26-35-73(49)51(76)31-22-17-15-2/h41-49,63,74H,14-40H2,1-13H3,(H,64,77)(H,65,75)(H,66,78)(H,67,81)(H,68,83)(H,69,82)(H,70,79)(H,71,80)(H,72,84)/t43-,45-,46-,47-,48-,49-/m0/s1. The van der Waals surface area contributed by atoms with Crippen LogP contribution in [-0.2, 0) is 47.9 Å². The molecule has 1 saturated heterocycles. The molecule has 0 aromatic heterocycles. The maximum absolute atomic E-state index is 14.4. The van der Waals surface area contributed by atoms with Crippen LogP contribution in [0.1, 0.15) is 231 Å². The van der Waals surface area contributed by atoms with Crippen molar-refractivity contribution in [3.8, 4) is 0 Å². The summed E-state index contributed by atoms with van der Waals surface area (Å²) in [4.78, 5) is 140. The van der Waals surface area contributed by atoms with Crippen LogP contribution in [0.5, 0.6) is 0 Å². The molecule has 0 aromatic carbocycles. The minimum atomic E-state index is -1.63. The van der Waals surface area contributed by atoms with Gasteiger partial charge in [0.2, 0.25) is 59.1 Å². The van der Waals surface area contributed by atoms with E-state index < -0.39 is 94.1 Å². The van der Waals surface area contributed by atoms with Crippen LogP contribution in [0.4, 0.5) is 0 Å². The van der Waals surface area contributed by atoms with E-state index in [0.717, 1.165) is 83.5 Å². The van der Waals surface area contributed by atoms with Gasteiger partial charge in [0.05, 0.1) is 6.61 Å². The molecule has 6 atom stereocenters. The van der Waals surface area contributed by atoms with E-state index >= 15 is 0 Å². The van der Waals surface area contributed by atoms with Crippen LogP contribution in [0.2, 0.25) is 0 Å². The van der Waals surface area contributed by atoms with Crippen molar-refractivity contribution in [1.82, 2.24) is 58.1 Å². The maximum atomic E-state index is 14.4. The van der Waals surface area contributed by atoms with E-state index in [1.807, 2.05) is 34.6 Å². The van der Waals surface area contributed by atoms with Gasteiger partial charge in [-0.3, -0.25) is 47.9 Å². The van der Waals surface area contributed by atoms with Crippen molar-refractivity contribution in [3.63, 3.8) is 0 Å². The number of carbonyl (C=O) groups excluding carboxylic acids is 10. The van der Waals surface area contributed by atoms with E-state index in [1.54, 1.807) is 4.90 Å². The van der Waals surface area contributed by atoms with Crippen molar-refractivity contribution in [2.45, 2.75) is 284 Å². The van der Waals surface area contributed by atoms with Gasteiger partial charge in [-0.1, -0.05) is 125 Å². The zero-order valence-corrected chi connectivity index (χ0v) is 53.8. The monoisotopic (exact) mass is 1190 g/mol. The summed E-state index contributed by atoms with van der Waals surface area (Å²) in [5.41, 5.74) is -4.80. The predicted molar refractivity (Wildman–Crippen MR) is 327 cm³/mol. The van der Waals surface area contributed by atoms with Crippen molar-refractivity contribution in [1.29, 1.82) is 0 Å². The summed E-state index contributed by atoms with van der Waals surface area (Å²) in [5, 5.41) is 37.4. The Kier molecular flexibility index (Phi) is 33.7. The molecule has 11 N–H and O–H groups in total. The van der Waals surface area contributed by atoms with Crippen molar-refractivity contribution < 1.29 is 53.1 Å². The summed E-state index contributed by atoms with van der Waals surface area (Å²) >= 11 is 0. The van der Waals surface area contributed by atoms with Gasteiger partial charge in [0, 0.05) is 45.1 Å². The molecule has 84 heavy (non-hydrogen) atoms. The van der Waals surface area contributed by atoms with Crippen LogP contribution in [-0.4, -0.2) is 155 Å². The minimum absolute atomic E-state index is 0.00333. The second kappa shape index (κ2) is 37.9. The first-order chi connectivity index (χ1) is 39.5. The quantitative estimate of drug-likeness (QED) is 0.0376. The number of hydrogen-bond donors (Lipinski definition) is 11. The average Bonchev–Trinajstić information content (AvgIpc) is 4.08. The van der Waals surface area contributed by atoms with Gasteiger partial charge in [-0.2, -0.15) is 0 Å². The van der Waals surface area contributed by atoms with E-state index in [2.05, 4.69) is 67.0 Å². The number of amides is 10. The topological polar surface area (TPSA) is 314 Å². The van der Waals surface area contributed by atoms with E-state index in [-0.39, 0.29) is 74.4 Å². The van der Waals surface area contributed by atoms with Gasteiger partial charge >= 0.3 is 0 Å². The number of aliphatic hydroxyl groups excluding tert-OH is 1. The Morgan fingerprint density at radius 3 is 1.65 bits per heavy atom. The van der Waals surface area contributed by atoms with E-state index in [9.17, 15) is 47.9 Å². The summed E-state index contributed by atoms with van der Waals surface area (Å²) < 4.78 is 0. The van der Waals surface area contributed by atoms with Crippen molar-refractivity contribution in [2.24, 2.45) is 17.8 Å². The summed E-state index contributed by atoms with van der Waals surface area (Å²) in [6, 6.07) is -5.16. The minimum Gasteiger partial charge on any atom is -0.395 e. The zero-order valence-electron chi connectivity index (χ0n) is 53.8. The van der Waals surface area contributed by atoms with Gasteiger partial charge in [-0.15, -0.1) is 0 Å². The highest BCUT2D eigenvalue weighted by Gasteiger charge is 2.42. The SMILES string of the molecule is CCCCCCCC[C@H](NC(=O)C(C)(C)NC(=O)C(C)(C)NC(=O)[C@H](CC1CCCCC1)NC(=O)[C@@H]1CCCN1C(=O)CCCCC)C(=O)N[C@@H](CC(C)C)C(=O)NC(C)(C)C(=O)N[C@@H](CC(C)C)C(=O)NCCC(=O)N[C@@H](C)CNCCO. The number of aliphatic hydroxyl groups is 1. The van der Waals surface area contributed by atoms with Gasteiger partial charge in [0.25, 0.3) is 0 Å². The van der Waals surface area contributed by atoms with Crippen LogP contribution in [0.3, 0.4) is 0 Å². The lowest BCUT2D eigenvalue weighted by Crippen LogP contribution is -2.66. The number of nitrogens with zero attached hydrogens (tertiary/aromatic N) is 1. The maximum Gasteiger partial charge on any atom is 0.246 e. The molecule has 0 unspecified atom stereocenters. The summed E-state index contributed by atoms with van der Waals surface area (Å²) in [5.74, 6) is -5.09. The van der Waals surface area contributed by atoms with Gasteiger partial charge < -0.3 is 63.2 Å². The third kappa shape index (κ3) is 27.8. The van der Waals surface area contributed by atoms with Crippen LogP contribution in [0.15, 0.2) is 0 Å². The molecule has 482 valence electrons. The Hall–Kier alpha value is -5.38. The molecule has 10 amide bonds. The second-order valence-electron chi connectivity index (χ2n) is 26.2. The lowest BCUT2D eigenvalue weighted by molar-refractivity contribution is -0.141. The fraction of sp³-hybridized carbons (Fsp3) is 0.839. The highest BCUT2D eigenvalue weighted by Crippen LogP contribution is 2.28.